The first kappa shape index (κ1) is 29.5. The highest BCUT2D eigenvalue weighted by Gasteiger charge is 2.37. The zero-order chi connectivity index (χ0) is 30.5. The number of ether oxygens (including phenoxy) is 2. The molecule has 8 nitrogen and oxygen atoms in total. The molecule has 8 heteroatoms. The van der Waals surface area contributed by atoms with Crippen LogP contribution in [0.25, 0.3) is 6.08 Å². The summed E-state index contributed by atoms with van der Waals surface area (Å²) in [5, 5.41) is 51.2. The van der Waals surface area contributed by atoms with E-state index in [9.17, 15) is 30.3 Å². The molecule has 4 aromatic carbocycles. The van der Waals surface area contributed by atoms with Crippen LogP contribution in [0.15, 0.2) is 84.9 Å². The summed E-state index contributed by atoms with van der Waals surface area (Å²) in [6.07, 6.45) is 3.53. The number of phenolic OH excluding ortho intramolecular Hbond substituents is 4. The molecule has 0 saturated heterocycles. The number of rotatable bonds is 10. The summed E-state index contributed by atoms with van der Waals surface area (Å²) >= 11 is 0. The number of ketones is 1. The van der Waals surface area contributed by atoms with Crippen LogP contribution < -0.4 is 9.47 Å². The lowest BCUT2D eigenvalue weighted by Crippen LogP contribution is -2.24. The van der Waals surface area contributed by atoms with Crippen molar-refractivity contribution in [2.24, 2.45) is 0 Å². The van der Waals surface area contributed by atoms with Gasteiger partial charge in [-0.25, -0.2) is 0 Å². The van der Waals surface area contributed by atoms with Gasteiger partial charge in [-0.3, -0.25) is 4.79 Å². The van der Waals surface area contributed by atoms with Crippen molar-refractivity contribution in [2.45, 2.75) is 43.8 Å². The first-order valence-corrected chi connectivity index (χ1v) is 14.1. The van der Waals surface area contributed by atoms with Gasteiger partial charge in [0, 0.05) is 11.6 Å². The number of hydrogen-bond donors (Lipinski definition) is 5. The zero-order valence-corrected chi connectivity index (χ0v) is 23.7. The number of phenols is 4. The lowest BCUT2D eigenvalue weighted by molar-refractivity contribution is 0.100. The second-order valence-corrected chi connectivity index (χ2v) is 10.7. The summed E-state index contributed by atoms with van der Waals surface area (Å²) in [6.45, 7) is 0. The van der Waals surface area contributed by atoms with Gasteiger partial charge in [-0.2, -0.15) is 0 Å². The van der Waals surface area contributed by atoms with Crippen LogP contribution in [0, 0.1) is 0 Å². The van der Waals surface area contributed by atoms with Crippen LogP contribution in [0.2, 0.25) is 0 Å². The molecule has 0 amide bonds. The van der Waals surface area contributed by atoms with E-state index >= 15 is 0 Å². The maximum atomic E-state index is 13.7. The fourth-order valence-electron chi connectivity index (χ4n) is 5.50. The number of aryl methyl sites for hydroxylation is 1. The molecule has 1 heterocycles. The van der Waals surface area contributed by atoms with E-state index in [1.807, 2.05) is 12.1 Å². The van der Waals surface area contributed by atoms with E-state index in [1.54, 1.807) is 54.6 Å². The summed E-state index contributed by atoms with van der Waals surface area (Å²) in [4.78, 5) is 13.7. The Kier molecular flexibility index (Phi) is 8.87. The van der Waals surface area contributed by atoms with Crippen LogP contribution in [0.3, 0.4) is 0 Å². The quantitative estimate of drug-likeness (QED) is 0.107. The van der Waals surface area contributed by atoms with Crippen molar-refractivity contribution in [2.75, 3.05) is 7.11 Å². The first-order chi connectivity index (χ1) is 20.7. The predicted octanol–water partition coefficient (Wildman–Crippen LogP) is 6.40. The third-order valence-electron chi connectivity index (χ3n) is 7.74. The summed E-state index contributed by atoms with van der Waals surface area (Å²) in [7, 11) is 1.41. The maximum absolute atomic E-state index is 13.7. The number of hydrogen-bond acceptors (Lipinski definition) is 8. The fraction of sp³-hybridized carbons (Fsp3) is 0.229. The Morgan fingerprint density at radius 1 is 0.930 bits per heavy atom. The summed E-state index contributed by atoms with van der Waals surface area (Å²) in [6, 6.07) is 21.3. The number of benzene rings is 4. The number of allylic oxidation sites excluding steroid dienone is 1. The molecule has 3 atom stereocenters. The van der Waals surface area contributed by atoms with E-state index in [2.05, 4.69) is 0 Å². The molecule has 222 valence electrons. The number of carbonyl (C=O) groups is 1. The normalized spacial score (nSPS) is 16.8. The van der Waals surface area contributed by atoms with Gasteiger partial charge in [0.1, 0.15) is 46.2 Å². The second kappa shape index (κ2) is 12.9. The minimum Gasteiger partial charge on any atom is -0.508 e. The number of aromatic hydroxyl groups is 4. The van der Waals surface area contributed by atoms with Gasteiger partial charge in [-0.05, 0) is 90.8 Å². The molecular formula is C35H34O8. The molecule has 5 rings (SSSR count). The van der Waals surface area contributed by atoms with Crippen LogP contribution in [-0.2, 0) is 6.42 Å². The lowest BCUT2D eigenvalue weighted by Gasteiger charge is -2.35. The number of methoxy groups -OCH3 is 1. The smallest absolute Gasteiger partial charge is 0.193 e. The van der Waals surface area contributed by atoms with Crippen LogP contribution in [-0.4, -0.2) is 44.5 Å². The average Bonchev–Trinajstić information content (AvgIpc) is 3.00. The Morgan fingerprint density at radius 2 is 1.53 bits per heavy atom. The Morgan fingerprint density at radius 3 is 2.16 bits per heavy atom. The van der Waals surface area contributed by atoms with Crippen molar-refractivity contribution in [3.8, 4) is 34.5 Å². The molecule has 0 aromatic heterocycles. The Bertz CT molecular complexity index is 1590. The van der Waals surface area contributed by atoms with Gasteiger partial charge in [0.05, 0.1) is 13.2 Å². The highest BCUT2D eigenvalue weighted by Crippen LogP contribution is 2.52. The van der Waals surface area contributed by atoms with Crippen LogP contribution >= 0.6 is 0 Å². The van der Waals surface area contributed by atoms with Gasteiger partial charge >= 0.3 is 0 Å². The monoisotopic (exact) mass is 582 g/mol. The van der Waals surface area contributed by atoms with Crippen LogP contribution in [0.5, 0.6) is 34.5 Å². The number of aliphatic hydroxyl groups is 1. The van der Waals surface area contributed by atoms with Crippen molar-refractivity contribution < 1.29 is 39.8 Å². The molecule has 0 saturated carbocycles. The summed E-state index contributed by atoms with van der Waals surface area (Å²) in [5.41, 5.74) is 3.04. The van der Waals surface area contributed by atoms with Crippen molar-refractivity contribution in [1.82, 2.24) is 0 Å². The minimum atomic E-state index is -0.722. The first-order valence-electron chi connectivity index (χ1n) is 14.1. The van der Waals surface area contributed by atoms with Gasteiger partial charge < -0.3 is 35.0 Å². The minimum absolute atomic E-state index is 0.0918. The molecular weight excluding hydrogens is 548 g/mol. The topological polar surface area (TPSA) is 137 Å². The predicted molar refractivity (Wildman–Crippen MR) is 162 cm³/mol. The van der Waals surface area contributed by atoms with E-state index in [0.717, 1.165) is 11.1 Å². The fourth-order valence-corrected chi connectivity index (χ4v) is 5.50. The van der Waals surface area contributed by atoms with E-state index in [-0.39, 0.29) is 46.0 Å². The lowest BCUT2D eigenvalue weighted by atomic mass is 9.81. The van der Waals surface area contributed by atoms with Crippen LogP contribution in [0.4, 0.5) is 0 Å². The Labute approximate surface area is 249 Å². The van der Waals surface area contributed by atoms with Crippen molar-refractivity contribution in [1.29, 1.82) is 0 Å². The Hall–Kier alpha value is -4.95. The molecule has 1 aliphatic rings. The highest BCUT2D eigenvalue weighted by atomic mass is 16.5. The second-order valence-electron chi connectivity index (χ2n) is 10.7. The van der Waals surface area contributed by atoms with E-state index < -0.39 is 18.0 Å². The maximum Gasteiger partial charge on any atom is 0.193 e. The van der Waals surface area contributed by atoms with Gasteiger partial charge in [0.25, 0.3) is 0 Å². The number of carbonyl (C=O) groups excluding carboxylic acids is 1. The summed E-state index contributed by atoms with van der Waals surface area (Å²) in [5.74, 6) is -0.122. The standard InChI is InChI=1S/C35H34O8/c1-42-32-20-30(41)33-24(18-28(39)14-6-21-2-10-25(36)11-3-21)19-31(23-8-15-27(38)16-9-23)43-35(33)34(32)29(40)17-7-22-4-12-26(37)13-5-22/h2-5,7-13,15-17,20,24,28,31,36-39,41H,6,14,18-19H2,1H3/t24-,28+,31+/m0/s1. The van der Waals surface area contributed by atoms with Gasteiger partial charge in [0.2, 0.25) is 0 Å². The molecule has 0 bridgehead atoms. The SMILES string of the molecule is COc1cc(O)c2c(c1C(=O)C=Cc1ccc(O)cc1)O[C@@H](c1ccc(O)cc1)C[C@@H]2C[C@H](O)CCc1ccc(O)cc1. The van der Waals surface area contributed by atoms with Crippen molar-refractivity contribution in [3.63, 3.8) is 0 Å². The van der Waals surface area contributed by atoms with Gasteiger partial charge in [-0.15, -0.1) is 0 Å². The number of fused-ring (bicyclic) bond motifs is 1. The van der Waals surface area contributed by atoms with Crippen LogP contribution in [0.1, 0.15) is 63.9 Å². The van der Waals surface area contributed by atoms with E-state index in [1.165, 1.54) is 31.4 Å². The molecule has 0 radical (unpaired) electrons. The Balaban J connectivity index is 1.50. The van der Waals surface area contributed by atoms with Gasteiger partial charge in [0.15, 0.2) is 5.78 Å². The molecule has 1 aliphatic heterocycles. The molecule has 0 spiro atoms. The third kappa shape index (κ3) is 6.93. The average molecular weight is 583 g/mol. The van der Waals surface area contributed by atoms with Crippen molar-refractivity contribution >= 4 is 11.9 Å². The van der Waals surface area contributed by atoms with E-state index in [4.69, 9.17) is 9.47 Å². The molecule has 43 heavy (non-hydrogen) atoms. The van der Waals surface area contributed by atoms with Gasteiger partial charge in [-0.1, -0.05) is 42.5 Å². The molecule has 4 aromatic rings. The molecule has 0 fully saturated rings. The van der Waals surface area contributed by atoms with Crippen molar-refractivity contribution in [3.05, 3.63) is 113 Å². The molecule has 0 unspecified atom stereocenters. The molecule has 0 aliphatic carbocycles. The summed E-state index contributed by atoms with van der Waals surface area (Å²) < 4.78 is 12.0. The zero-order valence-electron chi connectivity index (χ0n) is 23.7. The largest absolute Gasteiger partial charge is 0.508 e. The highest BCUT2D eigenvalue weighted by molar-refractivity contribution is 6.11. The third-order valence-corrected chi connectivity index (χ3v) is 7.74. The van der Waals surface area contributed by atoms with E-state index in [0.29, 0.717) is 36.8 Å². The molecule has 5 N–H and O–H groups in total. The number of aliphatic hydroxyl groups excluding tert-OH is 1.